The third-order valence-corrected chi connectivity index (χ3v) is 5.56. The first-order valence-corrected chi connectivity index (χ1v) is 9.16. The van der Waals surface area contributed by atoms with Gasteiger partial charge in [0.25, 0.3) is 0 Å². The normalized spacial score (nSPS) is 11.4. The summed E-state index contributed by atoms with van der Waals surface area (Å²) in [5, 5.41) is 0. The Morgan fingerprint density at radius 1 is 0.957 bits per heavy atom. The predicted octanol–water partition coefficient (Wildman–Crippen LogP) is 4.49. The van der Waals surface area contributed by atoms with Gasteiger partial charge in [0.1, 0.15) is 0 Å². The summed E-state index contributed by atoms with van der Waals surface area (Å²) in [4.78, 5) is 12.5. The fourth-order valence-corrected chi connectivity index (χ4v) is 3.48. The summed E-state index contributed by atoms with van der Waals surface area (Å²) in [7, 11) is -0.496. The Morgan fingerprint density at radius 3 is 2.22 bits per heavy atom. The van der Waals surface area contributed by atoms with E-state index in [-0.39, 0.29) is 11.9 Å². The number of rotatable bonds is 8. The van der Waals surface area contributed by atoms with Crippen molar-refractivity contribution in [1.82, 2.24) is 0 Å². The second-order valence-electron chi connectivity index (χ2n) is 5.20. The summed E-state index contributed by atoms with van der Waals surface area (Å²) < 4.78 is 22.3. The molecule has 0 unspecified atom stereocenters. The van der Waals surface area contributed by atoms with Crippen molar-refractivity contribution in [1.29, 1.82) is 0 Å². The number of benzene rings is 2. The minimum Gasteiger partial charge on any atom is -0.312 e. The van der Waals surface area contributed by atoms with E-state index in [0.29, 0.717) is 24.0 Å². The van der Waals surface area contributed by atoms with Gasteiger partial charge in [0.15, 0.2) is 5.78 Å². The Hall–Kier alpha value is -1.74. The van der Waals surface area contributed by atoms with Crippen molar-refractivity contribution in [2.24, 2.45) is 0 Å². The van der Waals surface area contributed by atoms with Gasteiger partial charge in [-0.15, -0.1) is 0 Å². The number of ketones is 1. The lowest BCUT2D eigenvalue weighted by molar-refractivity contribution is 0.0982. The average Bonchev–Trinajstić information content (AvgIpc) is 2.61. The summed E-state index contributed by atoms with van der Waals surface area (Å²) in [5.41, 5.74) is 2.40. The summed E-state index contributed by atoms with van der Waals surface area (Å²) >= 11 is 0. The maximum atomic E-state index is 12.5. The third-order valence-electron chi connectivity index (χ3n) is 3.72. The molecule has 0 bridgehead atoms. The molecule has 0 atom stereocenters. The fourth-order valence-electron chi connectivity index (χ4n) is 2.38. The predicted molar refractivity (Wildman–Crippen MR) is 90.9 cm³/mol. The average molecular weight is 332 g/mol. The van der Waals surface area contributed by atoms with E-state index in [1.807, 2.05) is 42.5 Å². The van der Waals surface area contributed by atoms with E-state index < -0.39 is 7.60 Å². The molecule has 0 N–H and O–H groups in total. The first kappa shape index (κ1) is 17.6. The van der Waals surface area contributed by atoms with E-state index in [2.05, 4.69) is 0 Å². The topological polar surface area (TPSA) is 52.6 Å². The molecule has 0 heterocycles. The molecule has 2 aromatic carbocycles. The molecular formula is C18H21O4P. The van der Waals surface area contributed by atoms with E-state index in [9.17, 15) is 9.36 Å². The van der Waals surface area contributed by atoms with E-state index in [1.54, 1.807) is 12.1 Å². The molecule has 0 aliphatic rings. The molecule has 5 heteroatoms. The molecule has 4 nitrogen and oxygen atoms in total. The first-order chi connectivity index (χ1) is 11.1. The highest BCUT2D eigenvalue weighted by Gasteiger charge is 2.24. The van der Waals surface area contributed by atoms with Crippen molar-refractivity contribution in [3.05, 3.63) is 71.3 Å². The Balaban J connectivity index is 2.13. The number of hydrogen-bond acceptors (Lipinski definition) is 4. The van der Waals surface area contributed by atoms with Gasteiger partial charge in [-0.05, 0) is 17.5 Å². The SMILES string of the molecule is COP(=O)(Cc1ccccc1C(=O)CCc1ccccc1)OC. The minimum atomic E-state index is -3.20. The van der Waals surface area contributed by atoms with E-state index in [0.717, 1.165) is 5.56 Å². The zero-order valence-electron chi connectivity index (χ0n) is 13.4. The van der Waals surface area contributed by atoms with Crippen LogP contribution in [0.2, 0.25) is 0 Å². The molecule has 0 aliphatic heterocycles. The van der Waals surface area contributed by atoms with Crippen molar-refractivity contribution >= 4 is 13.4 Å². The van der Waals surface area contributed by atoms with Gasteiger partial charge in [0.2, 0.25) is 0 Å². The van der Waals surface area contributed by atoms with Gasteiger partial charge < -0.3 is 9.05 Å². The van der Waals surface area contributed by atoms with Crippen LogP contribution in [0.3, 0.4) is 0 Å². The Labute approximate surface area is 137 Å². The molecule has 0 spiro atoms. The monoisotopic (exact) mass is 332 g/mol. The molecule has 0 saturated heterocycles. The van der Waals surface area contributed by atoms with Gasteiger partial charge >= 0.3 is 7.60 Å². The lowest BCUT2D eigenvalue weighted by Gasteiger charge is -2.15. The van der Waals surface area contributed by atoms with Gasteiger partial charge in [-0.3, -0.25) is 9.36 Å². The van der Waals surface area contributed by atoms with Crippen LogP contribution >= 0.6 is 7.60 Å². The van der Waals surface area contributed by atoms with Crippen LogP contribution in [0.15, 0.2) is 54.6 Å². The Bertz CT molecular complexity index is 689. The number of Topliss-reactive ketones (excluding diaryl/α,β-unsaturated/α-hetero) is 1. The van der Waals surface area contributed by atoms with Crippen LogP contribution in [0, 0.1) is 0 Å². The summed E-state index contributed by atoms with van der Waals surface area (Å²) in [5.74, 6) is 0.0307. The maximum absolute atomic E-state index is 12.5. The molecule has 2 rings (SSSR count). The fraction of sp³-hybridized carbons (Fsp3) is 0.278. The van der Waals surface area contributed by atoms with Crippen LogP contribution < -0.4 is 0 Å². The zero-order valence-corrected chi connectivity index (χ0v) is 14.3. The van der Waals surface area contributed by atoms with Gasteiger partial charge in [0.05, 0.1) is 6.16 Å². The Morgan fingerprint density at radius 2 is 1.57 bits per heavy atom. The number of hydrogen-bond donors (Lipinski definition) is 0. The molecule has 0 aliphatic carbocycles. The van der Waals surface area contributed by atoms with Crippen LogP contribution in [-0.2, 0) is 26.2 Å². The van der Waals surface area contributed by atoms with Crippen molar-refractivity contribution in [2.45, 2.75) is 19.0 Å². The van der Waals surface area contributed by atoms with Crippen LogP contribution in [0.25, 0.3) is 0 Å². The van der Waals surface area contributed by atoms with Crippen molar-refractivity contribution in [2.75, 3.05) is 14.2 Å². The highest BCUT2D eigenvalue weighted by atomic mass is 31.2. The molecule has 0 amide bonds. The molecule has 122 valence electrons. The Kier molecular flexibility index (Phi) is 6.28. The van der Waals surface area contributed by atoms with Crippen LogP contribution in [0.1, 0.15) is 27.9 Å². The number of carbonyl (C=O) groups is 1. The molecular weight excluding hydrogens is 311 g/mol. The summed E-state index contributed by atoms with van der Waals surface area (Å²) in [6.07, 6.45) is 1.18. The highest BCUT2D eigenvalue weighted by Crippen LogP contribution is 2.50. The lowest BCUT2D eigenvalue weighted by Crippen LogP contribution is -2.06. The molecule has 0 radical (unpaired) electrons. The van der Waals surface area contributed by atoms with Gasteiger partial charge in [-0.1, -0.05) is 54.6 Å². The van der Waals surface area contributed by atoms with E-state index >= 15 is 0 Å². The maximum Gasteiger partial charge on any atom is 0.334 e. The quantitative estimate of drug-likeness (QED) is 0.528. The smallest absolute Gasteiger partial charge is 0.312 e. The number of aryl methyl sites for hydroxylation is 1. The number of carbonyl (C=O) groups excluding carboxylic acids is 1. The second kappa shape index (κ2) is 8.21. The van der Waals surface area contributed by atoms with Gasteiger partial charge in [-0.25, -0.2) is 0 Å². The standard InChI is InChI=1S/C18H21O4P/c1-21-23(20,22-2)14-16-10-6-7-11-17(16)18(19)13-12-15-8-4-3-5-9-15/h3-11H,12-14H2,1-2H3. The largest absolute Gasteiger partial charge is 0.334 e. The lowest BCUT2D eigenvalue weighted by atomic mass is 9.99. The molecule has 23 heavy (non-hydrogen) atoms. The van der Waals surface area contributed by atoms with Crippen molar-refractivity contribution < 1.29 is 18.4 Å². The van der Waals surface area contributed by atoms with Crippen LogP contribution in [0.5, 0.6) is 0 Å². The van der Waals surface area contributed by atoms with Gasteiger partial charge in [0, 0.05) is 26.2 Å². The van der Waals surface area contributed by atoms with Crippen LogP contribution in [0.4, 0.5) is 0 Å². The van der Waals surface area contributed by atoms with Crippen molar-refractivity contribution in [3.63, 3.8) is 0 Å². The van der Waals surface area contributed by atoms with Crippen LogP contribution in [-0.4, -0.2) is 20.0 Å². The molecule has 0 aromatic heterocycles. The second-order valence-corrected chi connectivity index (χ2v) is 7.47. The zero-order chi connectivity index (χ0) is 16.7. The minimum absolute atomic E-state index is 0.0307. The highest BCUT2D eigenvalue weighted by molar-refractivity contribution is 7.52. The summed E-state index contributed by atoms with van der Waals surface area (Å²) in [6.45, 7) is 0. The van der Waals surface area contributed by atoms with E-state index in [4.69, 9.17) is 9.05 Å². The van der Waals surface area contributed by atoms with Crippen molar-refractivity contribution in [3.8, 4) is 0 Å². The third kappa shape index (κ3) is 4.87. The molecule has 2 aromatic rings. The summed E-state index contributed by atoms with van der Waals surface area (Å²) in [6, 6.07) is 17.1. The molecule has 0 saturated carbocycles. The first-order valence-electron chi connectivity index (χ1n) is 7.43. The van der Waals surface area contributed by atoms with E-state index in [1.165, 1.54) is 14.2 Å². The molecule has 0 fully saturated rings. The van der Waals surface area contributed by atoms with Gasteiger partial charge in [-0.2, -0.15) is 0 Å².